The van der Waals surface area contributed by atoms with Crippen molar-refractivity contribution in [3.8, 4) is 0 Å². The summed E-state index contributed by atoms with van der Waals surface area (Å²) < 4.78 is 13.0. The number of hydrogen-bond acceptors (Lipinski definition) is 1. The van der Waals surface area contributed by atoms with Crippen LogP contribution in [0.5, 0.6) is 0 Å². The third-order valence-corrected chi connectivity index (χ3v) is 2.31. The third-order valence-electron chi connectivity index (χ3n) is 2.31. The first-order chi connectivity index (χ1) is 8.02. The highest BCUT2D eigenvalue weighted by atomic mass is 19.1. The molecule has 0 aliphatic rings. The molecule has 0 saturated heterocycles. The molecule has 0 atom stereocenters. The summed E-state index contributed by atoms with van der Waals surface area (Å²) in [6.07, 6.45) is 0. The Balaban J connectivity index is 0.000000209. The van der Waals surface area contributed by atoms with Crippen LogP contribution in [0.2, 0.25) is 0 Å². The molecule has 17 heavy (non-hydrogen) atoms. The fourth-order valence-electron chi connectivity index (χ4n) is 1.19. The third kappa shape index (κ3) is 3.87. The van der Waals surface area contributed by atoms with Crippen LogP contribution < -0.4 is 5.73 Å². The summed E-state index contributed by atoms with van der Waals surface area (Å²) in [6, 6.07) is 12.5. The molecule has 0 fully saturated rings. The molecule has 0 aromatic heterocycles. The number of carbonyl (C=O) groups excluding carboxylic acids is 1. The molecule has 0 saturated carbocycles. The normalized spacial score (nSPS) is 9.88. The molecule has 2 rings (SSSR count). The van der Waals surface area contributed by atoms with Crippen molar-refractivity contribution in [2.45, 2.75) is 13.8 Å². The van der Waals surface area contributed by atoms with E-state index in [1.54, 1.807) is 26.0 Å². The summed E-state index contributed by atoms with van der Waals surface area (Å²) in [5.74, 6) is -0.400. The Morgan fingerprint density at radius 2 is 1.65 bits per heavy atom. The predicted octanol–water partition coefficient (Wildman–Crippen LogP) is 3.11. The quantitative estimate of drug-likeness (QED) is 0.808. The highest BCUT2D eigenvalue weighted by molar-refractivity contribution is 5.82. The standard InChI is InChI=1S/C10H7F.C4H9NO/c11-10-7-3-5-8-4-1-2-6-9(8)10;1-3(2)4(5)6/h1-7H;3H,1-2H3,(H2,5,6). The Kier molecular flexibility index (Phi) is 4.64. The van der Waals surface area contributed by atoms with Crippen molar-refractivity contribution in [3.05, 3.63) is 48.3 Å². The van der Waals surface area contributed by atoms with Crippen molar-refractivity contribution in [3.63, 3.8) is 0 Å². The van der Waals surface area contributed by atoms with Crippen LogP contribution in [0, 0.1) is 11.7 Å². The Bertz CT molecular complexity index is 503. The second-order valence-corrected chi connectivity index (χ2v) is 4.02. The minimum Gasteiger partial charge on any atom is -0.369 e. The molecule has 0 bridgehead atoms. The van der Waals surface area contributed by atoms with E-state index in [4.69, 9.17) is 5.73 Å². The highest BCUT2D eigenvalue weighted by Crippen LogP contribution is 2.15. The molecule has 0 aliphatic carbocycles. The molecule has 3 heteroatoms. The van der Waals surface area contributed by atoms with Gasteiger partial charge in [0.2, 0.25) is 5.91 Å². The van der Waals surface area contributed by atoms with E-state index in [2.05, 4.69) is 0 Å². The summed E-state index contributed by atoms with van der Waals surface area (Å²) >= 11 is 0. The summed E-state index contributed by atoms with van der Waals surface area (Å²) in [6.45, 7) is 3.53. The van der Waals surface area contributed by atoms with Crippen molar-refractivity contribution in [1.29, 1.82) is 0 Å². The highest BCUT2D eigenvalue weighted by Gasteiger charge is 1.96. The molecule has 0 radical (unpaired) electrons. The van der Waals surface area contributed by atoms with E-state index in [1.807, 2.05) is 24.3 Å². The second kappa shape index (κ2) is 5.99. The van der Waals surface area contributed by atoms with Gasteiger partial charge >= 0.3 is 0 Å². The second-order valence-electron chi connectivity index (χ2n) is 4.02. The van der Waals surface area contributed by atoms with Crippen molar-refractivity contribution < 1.29 is 9.18 Å². The average molecular weight is 233 g/mol. The van der Waals surface area contributed by atoms with Gasteiger partial charge in [0.25, 0.3) is 0 Å². The number of fused-ring (bicyclic) bond motifs is 1. The van der Waals surface area contributed by atoms with E-state index < -0.39 is 0 Å². The molecule has 0 spiro atoms. The maximum absolute atomic E-state index is 13.0. The number of amides is 1. The lowest BCUT2D eigenvalue weighted by Gasteiger charge is -1.95. The number of nitrogens with two attached hydrogens (primary N) is 1. The van der Waals surface area contributed by atoms with Crippen LogP contribution in [0.1, 0.15) is 13.8 Å². The SMILES string of the molecule is CC(C)C(N)=O.Fc1cccc2ccccc12. The molecule has 2 N–H and O–H groups in total. The largest absolute Gasteiger partial charge is 0.369 e. The number of benzene rings is 2. The van der Waals surface area contributed by atoms with E-state index >= 15 is 0 Å². The topological polar surface area (TPSA) is 43.1 Å². The number of carbonyl (C=O) groups is 1. The van der Waals surface area contributed by atoms with Gasteiger partial charge in [-0.15, -0.1) is 0 Å². The lowest BCUT2D eigenvalue weighted by Crippen LogP contribution is -2.17. The number of primary amides is 1. The van der Waals surface area contributed by atoms with Crippen LogP contribution in [0.3, 0.4) is 0 Å². The average Bonchev–Trinajstić information content (AvgIpc) is 2.30. The first-order valence-electron chi connectivity index (χ1n) is 5.45. The number of halogens is 1. The minimum absolute atomic E-state index is 0.00926. The minimum atomic E-state index is -0.241. The zero-order valence-corrected chi connectivity index (χ0v) is 9.98. The maximum atomic E-state index is 13.0. The van der Waals surface area contributed by atoms with Crippen LogP contribution in [-0.4, -0.2) is 5.91 Å². The van der Waals surface area contributed by atoms with Crippen LogP contribution in [0.15, 0.2) is 42.5 Å². The summed E-state index contributed by atoms with van der Waals surface area (Å²) in [5, 5.41) is 1.64. The summed E-state index contributed by atoms with van der Waals surface area (Å²) in [7, 11) is 0. The summed E-state index contributed by atoms with van der Waals surface area (Å²) in [4.78, 5) is 9.92. The fraction of sp³-hybridized carbons (Fsp3) is 0.214. The fourth-order valence-corrected chi connectivity index (χ4v) is 1.19. The lowest BCUT2D eigenvalue weighted by molar-refractivity contribution is -0.120. The van der Waals surface area contributed by atoms with Gasteiger partial charge in [0, 0.05) is 11.3 Å². The summed E-state index contributed by atoms with van der Waals surface area (Å²) in [5.41, 5.74) is 4.80. The molecule has 0 unspecified atom stereocenters. The van der Waals surface area contributed by atoms with Crippen molar-refractivity contribution in [2.24, 2.45) is 11.7 Å². The molecule has 90 valence electrons. The Morgan fingerprint density at radius 3 is 2.18 bits per heavy atom. The van der Waals surface area contributed by atoms with Crippen LogP contribution in [-0.2, 0) is 4.79 Å². The molecule has 2 nitrogen and oxygen atoms in total. The molecule has 0 aliphatic heterocycles. The van der Waals surface area contributed by atoms with Gasteiger partial charge in [0.15, 0.2) is 0 Å². The monoisotopic (exact) mass is 233 g/mol. The Labute approximate surface area is 100 Å². The molecular formula is C14H16FNO. The molecule has 2 aromatic rings. The van der Waals surface area contributed by atoms with Crippen LogP contribution in [0.4, 0.5) is 4.39 Å². The number of hydrogen-bond donors (Lipinski definition) is 1. The zero-order valence-electron chi connectivity index (χ0n) is 9.98. The Hall–Kier alpha value is -1.90. The first-order valence-corrected chi connectivity index (χ1v) is 5.45. The molecule has 0 heterocycles. The van der Waals surface area contributed by atoms with Gasteiger partial charge in [0.05, 0.1) is 0 Å². The molecular weight excluding hydrogens is 217 g/mol. The molecule has 2 aromatic carbocycles. The van der Waals surface area contributed by atoms with Crippen molar-refractivity contribution >= 4 is 16.7 Å². The first kappa shape index (κ1) is 13.2. The van der Waals surface area contributed by atoms with Gasteiger partial charge in [-0.1, -0.05) is 50.2 Å². The van der Waals surface area contributed by atoms with Gasteiger partial charge in [-0.2, -0.15) is 0 Å². The van der Waals surface area contributed by atoms with Crippen molar-refractivity contribution in [1.82, 2.24) is 0 Å². The lowest BCUT2D eigenvalue weighted by atomic mass is 10.1. The van der Waals surface area contributed by atoms with E-state index in [0.717, 1.165) is 5.39 Å². The zero-order chi connectivity index (χ0) is 12.8. The van der Waals surface area contributed by atoms with E-state index in [1.165, 1.54) is 6.07 Å². The maximum Gasteiger partial charge on any atom is 0.219 e. The van der Waals surface area contributed by atoms with E-state index in [-0.39, 0.29) is 17.6 Å². The van der Waals surface area contributed by atoms with Gasteiger partial charge < -0.3 is 5.73 Å². The Morgan fingerprint density at radius 1 is 1.12 bits per heavy atom. The van der Waals surface area contributed by atoms with Crippen LogP contribution >= 0.6 is 0 Å². The number of rotatable bonds is 1. The molecule has 1 amide bonds. The van der Waals surface area contributed by atoms with Crippen molar-refractivity contribution in [2.75, 3.05) is 0 Å². The van der Waals surface area contributed by atoms with Gasteiger partial charge in [-0.3, -0.25) is 4.79 Å². The smallest absolute Gasteiger partial charge is 0.219 e. The van der Waals surface area contributed by atoms with Gasteiger partial charge in [0.1, 0.15) is 5.82 Å². The van der Waals surface area contributed by atoms with E-state index in [0.29, 0.717) is 5.39 Å². The van der Waals surface area contributed by atoms with Crippen LogP contribution in [0.25, 0.3) is 10.8 Å². The van der Waals surface area contributed by atoms with Gasteiger partial charge in [-0.25, -0.2) is 4.39 Å². The van der Waals surface area contributed by atoms with E-state index in [9.17, 15) is 9.18 Å². The van der Waals surface area contributed by atoms with Gasteiger partial charge in [-0.05, 0) is 11.5 Å². The predicted molar refractivity (Wildman–Crippen MR) is 67.9 cm³/mol.